The number of rotatable bonds is 8. The second kappa shape index (κ2) is 7.67. The van der Waals surface area contributed by atoms with E-state index in [2.05, 4.69) is 12.2 Å². The van der Waals surface area contributed by atoms with Gasteiger partial charge in [0.15, 0.2) is 0 Å². The van der Waals surface area contributed by atoms with E-state index in [1.54, 1.807) is 6.92 Å². The van der Waals surface area contributed by atoms with Crippen LogP contribution in [0.1, 0.15) is 48.0 Å². The molecule has 0 amide bonds. The van der Waals surface area contributed by atoms with E-state index in [1.165, 1.54) is 0 Å². The Morgan fingerprint density at radius 1 is 1.29 bits per heavy atom. The van der Waals surface area contributed by atoms with Crippen molar-refractivity contribution in [3.63, 3.8) is 0 Å². The molecule has 4 heteroatoms. The van der Waals surface area contributed by atoms with Gasteiger partial charge in [0.1, 0.15) is 6.04 Å². The van der Waals surface area contributed by atoms with Crippen molar-refractivity contribution in [3.05, 3.63) is 0 Å². The number of nitrogens with one attached hydrogen (secondary N) is 1. The normalized spacial score (nSPS) is 13.8. The molecule has 0 saturated carbocycles. The summed E-state index contributed by atoms with van der Waals surface area (Å²) in [5, 5.41) is 3.16. The molecular weight excluding hydrogens is 218 g/mol. The molecular formula is C13H27NO3. The van der Waals surface area contributed by atoms with Crippen LogP contribution >= 0.6 is 0 Å². The molecule has 0 heterocycles. The minimum absolute atomic E-state index is 0.205. The Morgan fingerprint density at radius 3 is 2.29 bits per heavy atom. The zero-order chi connectivity index (χ0) is 13.5. The van der Waals surface area contributed by atoms with Crippen molar-refractivity contribution < 1.29 is 14.3 Å². The Kier molecular flexibility index (Phi) is 7.39. The highest BCUT2D eigenvalue weighted by Gasteiger charge is 2.24. The Labute approximate surface area is 105 Å². The molecule has 0 aliphatic heterocycles. The Bertz CT molecular complexity index is 227. The molecule has 0 radical (unpaired) electrons. The van der Waals surface area contributed by atoms with Crippen LogP contribution in [-0.2, 0) is 14.3 Å². The summed E-state index contributed by atoms with van der Waals surface area (Å²) >= 11 is 0. The number of carbonyl (C=O) groups is 1. The summed E-state index contributed by atoms with van der Waals surface area (Å²) in [6.45, 7) is 12.6. The molecule has 102 valence electrons. The highest BCUT2D eigenvalue weighted by atomic mass is 16.5. The average Bonchev–Trinajstić information content (AvgIpc) is 2.24. The van der Waals surface area contributed by atoms with E-state index in [1.807, 2.05) is 27.7 Å². The Hall–Kier alpha value is -0.610. The van der Waals surface area contributed by atoms with Crippen molar-refractivity contribution in [1.82, 2.24) is 5.32 Å². The van der Waals surface area contributed by atoms with Gasteiger partial charge in [0, 0.05) is 6.04 Å². The maximum Gasteiger partial charge on any atom is 0.325 e. The van der Waals surface area contributed by atoms with E-state index in [9.17, 15) is 4.79 Å². The van der Waals surface area contributed by atoms with E-state index in [0.717, 1.165) is 6.42 Å². The van der Waals surface area contributed by atoms with Gasteiger partial charge in [-0.15, -0.1) is 0 Å². The van der Waals surface area contributed by atoms with Gasteiger partial charge >= 0.3 is 5.97 Å². The lowest BCUT2D eigenvalue weighted by Crippen LogP contribution is -2.46. The standard InChI is InChI=1S/C13H27NO3/c1-7-13(5,6)17-9-11(14-10(3)4)12(15)16-8-2/h10-11,14H,7-9H2,1-6H3. The molecule has 0 aromatic rings. The number of esters is 1. The predicted molar refractivity (Wildman–Crippen MR) is 69.0 cm³/mol. The molecule has 0 bridgehead atoms. The maximum absolute atomic E-state index is 11.7. The molecule has 0 aliphatic carbocycles. The number of hydrogen-bond donors (Lipinski definition) is 1. The number of ether oxygens (including phenoxy) is 2. The molecule has 0 aliphatic rings. The van der Waals surface area contributed by atoms with Crippen LogP contribution in [0.2, 0.25) is 0 Å². The summed E-state index contributed by atoms with van der Waals surface area (Å²) in [4.78, 5) is 11.7. The van der Waals surface area contributed by atoms with Gasteiger partial charge in [0.25, 0.3) is 0 Å². The lowest BCUT2D eigenvalue weighted by Gasteiger charge is -2.27. The van der Waals surface area contributed by atoms with Crippen molar-refractivity contribution >= 4 is 5.97 Å². The Balaban J connectivity index is 4.33. The zero-order valence-corrected chi connectivity index (χ0v) is 12.0. The van der Waals surface area contributed by atoms with Gasteiger partial charge in [-0.3, -0.25) is 4.79 Å². The SMILES string of the molecule is CCOC(=O)C(COC(C)(C)CC)NC(C)C. The van der Waals surface area contributed by atoms with Crippen LogP contribution in [-0.4, -0.2) is 36.9 Å². The quantitative estimate of drug-likeness (QED) is 0.665. The lowest BCUT2D eigenvalue weighted by atomic mass is 10.1. The monoisotopic (exact) mass is 245 g/mol. The number of hydrogen-bond acceptors (Lipinski definition) is 4. The summed E-state index contributed by atoms with van der Waals surface area (Å²) in [7, 11) is 0. The van der Waals surface area contributed by atoms with E-state index >= 15 is 0 Å². The average molecular weight is 245 g/mol. The second-order valence-electron chi connectivity index (χ2n) is 5.05. The van der Waals surface area contributed by atoms with Crippen LogP contribution in [0.3, 0.4) is 0 Å². The molecule has 1 atom stereocenters. The molecule has 1 N–H and O–H groups in total. The predicted octanol–water partition coefficient (Wildman–Crippen LogP) is 2.12. The molecule has 0 aromatic heterocycles. The minimum atomic E-state index is -0.388. The zero-order valence-electron chi connectivity index (χ0n) is 12.0. The molecule has 1 unspecified atom stereocenters. The molecule has 0 fully saturated rings. The maximum atomic E-state index is 11.7. The fraction of sp³-hybridized carbons (Fsp3) is 0.923. The van der Waals surface area contributed by atoms with E-state index in [4.69, 9.17) is 9.47 Å². The van der Waals surface area contributed by atoms with Crippen LogP contribution in [0.5, 0.6) is 0 Å². The van der Waals surface area contributed by atoms with Crippen LogP contribution in [0.4, 0.5) is 0 Å². The largest absolute Gasteiger partial charge is 0.465 e. The van der Waals surface area contributed by atoms with Crippen molar-refractivity contribution in [2.24, 2.45) is 0 Å². The van der Waals surface area contributed by atoms with Crippen molar-refractivity contribution in [2.45, 2.75) is 65.6 Å². The van der Waals surface area contributed by atoms with E-state index in [0.29, 0.717) is 13.2 Å². The molecule has 0 spiro atoms. The van der Waals surface area contributed by atoms with Gasteiger partial charge in [0.05, 0.1) is 18.8 Å². The first-order chi connectivity index (χ1) is 7.82. The second-order valence-corrected chi connectivity index (χ2v) is 5.05. The van der Waals surface area contributed by atoms with Crippen LogP contribution in [0.15, 0.2) is 0 Å². The van der Waals surface area contributed by atoms with Gasteiger partial charge in [-0.1, -0.05) is 20.8 Å². The van der Waals surface area contributed by atoms with Crippen LogP contribution in [0, 0.1) is 0 Å². The van der Waals surface area contributed by atoms with Gasteiger partial charge in [0.2, 0.25) is 0 Å². The van der Waals surface area contributed by atoms with Crippen molar-refractivity contribution in [2.75, 3.05) is 13.2 Å². The van der Waals surface area contributed by atoms with Crippen LogP contribution < -0.4 is 5.32 Å². The first kappa shape index (κ1) is 16.4. The van der Waals surface area contributed by atoms with Gasteiger partial charge in [-0.05, 0) is 27.2 Å². The van der Waals surface area contributed by atoms with E-state index < -0.39 is 0 Å². The van der Waals surface area contributed by atoms with Gasteiger partial charge < -0.3 is 14.8 Å². The smallest absolute Gasteiger partial charge is 0.325 e. The molecule has 4 nitrogen and oxygen atoms in total. The van der Waals surface area contributed by atoms with Gasteiger partial charge in [-0.2, -0.15) is 0 Å². The number of carbonyl (C=O) groups excluding carboxylic acids is 1. The van der Waals surface area contributed by atoms with Crippen LogP contribution in [0.25, 0.3) is 0 Å². The van der Waals surface area contributed by atoms with Crippen molar-refractivity contribution in [1.29, 1.82) is 0 Å². The lowest BCUT2D eigenvalue weighted by molar-refractivity contribution is -0.149. The summed E-state index contributed by atoms with van der Waals surface area (Å²) < 4.78 is 10.8. The molecule has 0 saturated heterocycles. The molecule has 0 aromatic carbocycles. The van der Waals surface area contributed by atoms with E-state index in [-0.39, 0.29) is 23.7 Å². The minimum Gasteiger partial charge on any atom is -0.465 e. The highest BCUT2D eigenvalue weighted by molar-refractivity contribution is 5.76. The first-order valence-corrected chi connectivity index (χ1v) is 6.39. The first-order valence-electron chi connectivity index (χ1n) is 6.39. The molecule has 17 heavy (non-hydrogen) atoms. The topological polar surface area (TPSA) is 47.6 Å². The van der Waals surface area contributed by atoms with Crippen molar-refractivity contribution in [3.8, 4) is 0 Å². The molecule has 0 rings (SSSR count). The third-order valence-electron chi connectivity index (χ3n) is 2.60. The summed E-state index contributed by atoms with van der Waals surface area (Å²) in [5.74, 6) is -0.242. The fourth-order valence-electron chi connectivity index (χ4n) is 1.24. The summed E-state index contributed by atoms with van der Waals surface area (Å²) in [6, 6.07) is -0.168. The summed E-state index contributed by atoms with van der Waals surface area (Å²) in [5.41, 5.74) is -0.205. The highest BCUT2D eigenvalue weighted by Crippen LogP contribution is 2.14. The Morgan fingerprint density at radius 2 is 1.88 bits per heavy atom. The summed E-state index contributed by atoms with van der Waals surface area (Å²) in [6.07, 6.45) is 0.907. The van der Waals surface area contributed by atoms with Gasteiger partial charge in [-0.25, -0.2) is 0 Å². The third kappa shape index (κ3) is 7.34. The third-order valence-corrected chi connectivity index (χ3v) is 2.60. The fourth-order valence-corrected chi connectivity index (χ4v) is 1.24.